The number of allylic oxidation sites excluding steroid dienone is 2. The van der Waals surface area contributed by atoms with E-state index in [1.165, 1.54) is 16.7 Å². The number of methoxy groups -OCH3 is 3. The van der Waals surface area contributed by atoms with Gasteiger partial charge in [-0.1, -0.05) is 35.9 Å². The maximum absolute atomic E-state index is 12.4. The Kier molecular flexibility index (Phi) is 5.54. The molecule has 0 radical (unpaired) electrons. The van der Waals surface area contributed by atoms with Crippen molar-refractivity contribution in [3.05, 3.63) is 59.2 Å². The molecule has 0 aliphatic heterocycles. The molecule has 0 fully saturated rings. The second kappa shape index (κ2) is 7.87. The maximum Gasteiger partial charge on any atom is 0.203 e. The van der Waals surface area contributed by atoms with Crippen molar-refractivity contribution in [3.63, 3.8) is 0 Å². The van der Waals surface area contributed by atoms with Crippen molar-refractivity contribution in [1.29, 1.82) is 0 Å². The molecule has 0 aromatic heterocycles. The van der Waals surface area contributed by atoms with Crippen LogP contribution in [-0.4, -0.2) is 27.1 Å². The molecule has 0 saturated carbocycles. The van der Waals surface area contributed by atoms with E-state index in [4.69, 9.17) is 14.2 Å². The van der Waals surface area contributed by atoms with Crippen LogP contribution in [0.3, 0.4) is 0 Å². The van der Waals surface area contributed by atoms with Crippen molar-refractivity contribution in [2.75, 3.05) is 21.3 Å². The predicted octanol–water partition coefficient (Wildman–Crippen LogP) is 4.80. The van der Waals surface area contributed by atoms with E-state index in [-0.39, 0.29) is 17.6 Å². The van der Waals surface area contributed by atoms with Crippen LogP contribution in [0.2, 0.25) is 0 Å². The molecule has 1 aliphatic carbocycles. The quantitative estimate of drug-likeness (QED) is 0.737. The Morgan fingerprint density at radius 2 is 1.56 bits per heavy atom. The molecule has 2 aromatic rings. The standard InChI is InChI=1S/C23H26O4/c1-14-6-8-16(9-7-14)17-10-19(15(2)24)20(11-17)18-12-21(25-3)23(27-5)22(13-18)26-4/h6-10,12-13,19-20H,11H2,1-5H3/t19?,20-/m0/s1. The van der Waals surface area contributed by atoms with Gasteiger partial charge < -0.3 is 14.2 Å². The number of benzene rings is 2. The number of ketones is 1. The number of carbonyl (C=O) groups excluding carboxylic acids is 1. The van der Waals surface area contributed by atoms with Crippen LogP contribution in [-0.2, 0) is 4.79 Å². The predicted molar refractivity (Wildman–Crippen MR) is 107 cm³/mol. The summed E-state index contributed by atoms with van der Waals surface area (Å²) in [4.78, 5) is 12.4. The van der Waals surface area contributed by atoms with Gasteiger partial charge in [-0.3, -0.25) is 4.79 Å². The first kappa shape index (κ1) is 19.0. The zero-order chi connectivity index (χ0) is 19.6. The number of hydrogen-bond donors (Lipinski definition) is 0. The Labute approximate surface area is 160 Å². The molecule has 3 rings (SSSR count). The first-order valence-electron chi connectivity index (χ1n) is 9.06. The van der Waals surface area contributed by atoms with Crippen molar-refractivity contribution in [2.45, 2.75) is 26.2 Å². The average Bonchev–Trinajstić information content (AvgIpc) is 3.13. The van der Waals surface area contributed by atoms with E-state index in [1.54, 1.807) is 28.3 Å². The molecule has 142 valence electrons. The maximum atomic E-state index is 12.4. The van der Waals surface area contributed by atoms with Gasteiger partial charge in [0.1, 0.15) is 5.78 Å². The van der Waals surface area contributed by atoms with Crippen molar-refractivity contribution in [2.24, 2.45) is 5.92 Å². The van der Waals surface area contributed by atoms with E-state index < -0.39 is 0 Å². The summed E-state index contributed by atoms with van der Waals surface area (Å²) in [6.07, 6.45) is 2.91. The molecule has 0 N–H and O–H groups in total. The van der Waals surface area contributed by atoms with E-state index in [1.807, 2.05) is 12.1 Å². The molecular weight excluding hydrogens is 340 g/mol. The van der Waals surface area contributed by atoms with Gasteiger partial charge in [0.25, 0.3) is 0 Å². The van der Waals surface area contributed by atoms with Crippen LogP contribution in [0.25, 0.3) is 5.57 Å². The molecule has 4 nitrogen and oxygen atoms in total. The molecular formula is C23H26O4. The molecule has 1 aliphatic rings. The highest BCUT2D eigenvalue weighted by Crippen LogP contribution is 2.47. The first-order chi connectivity index (χ1) is 13.0. The fraction of sp³-hybridized carbons (Fsp3) is 0.348. The summed E-state index contributed by atoms with van der Waals surface area (Å²) in [6.45, 7) is 3.73. The largest absolute Gasteiger partial charge is 0.493 e. The van der Waals surface area contributed by atoms with Crippen LogP contribution in [0.4, 0.5) is 0 Å². The Hall–Kier alpha value is -2.75. The van der Waals surface area contributed by atoms with Crippen molar-refractivity contribution in [1.82, 2.24) is 0 Å². The number of hydrogen-bond acceptors (Lipinski definition) is 4. The monoisotopic (exact) mass is 366 g/mol. The number of rotatable bonds is 6. The number of carbonyl (C=O) groups is 1. The number of Topliss-reactive ketones (excluding diaryl/α,β-unsaturated/α-hetero) is 1. The minimum absolute atomic E-state index is 0.0486. The summed E-state index contributed by atoms with van der Waals surface area (Å²) < 4.78 is 16.4. The Morgan fingerprint density at radius 1 is 0.963 bits per heavy atom. The fourth-order valence-corrected chi connectivity index (χ4v) is 3.79. The third kappa shape index (κ3) is 3.70. The molecule has 0 amide bonds. The summed E-state index contributed by atoms with van der Waals surface area (Å²) in [7, 11) is 4.80. The summed E-state index contributed by atoms with van der Waals surface area (Å²) in [6, 6.07) is 12.4. The summed E-state index contributed by atoms with van der Waals surface area (Å²) in [5.74, 6) is 1.83. The number of ether oxygens (including phenoxy) is 3. The van der Waals surface area contributed by atoms with Crippen LogP contribution >= 0.6 is 0 Å². The molecule has 27 heavy (non-hydrogen) atoms. The van der Waals surface area contributed by atoms with Crippen LogP contribution in [0, 0.1) is 12.8 Å². The lowest BCUT2D eigenvalue weighted by Crippen LogP contribution is -2.14. The van der Waals surface area contributed by atoms with E-state index in [2.05, 4.69) is 37.3 Å². The van der Waals surface area contributed by atoms with Gasteiger partial charge in [0, 0.05) is 11.8 Å². The van der Waals surface area contributed by atoms with Crippen LogP contribution < -0.4 is 14.2 Å². The lowest BCUT2D eigenvalue weighted by molar-refractivity contribution is -0.119. The van der Waals surface area contributed by atoms with Crippen molar-refractivity contribution >= 4 is 11.4 Å². The third-order valence-corrected chi connectivity index (χ3v) is 5.26. The molecule has 0 bridgehead atoms. The third-order valence-electron chi connectivity index (χ3n) is 5.26. The lowest BCUT2D eigenvalue weighted by Gasteiger charge is -2.21. The summed E-state index contributed by atoms with van der Waals surface area (Å²) in [5, 5.41) is 0. The lowest BCUT2D eigenvalue weighted by atomic mass is 9.85. The van der Waals surface area contributed by atoms with Crippen LogP contribution in [0.15, 0.2) is 42.5 Å². The molecule has 2 aromatic carbocycles. The van der Waals surface area contributed by atoms with Gasteiger partial charge in [-0.15, -0.1) is 0 Å². The zero-order valence-electron chi connectivity index (χ0n) is 16.5. The summed E-state index contributed by atoms with van der Waals surface area (Å²) in [5.41, 5.74) is 4.61. The minimum atomic E-state index is -0.163. The van der Waals surface area contributed by atoms with Crippen LogP contribution in [0.1, 0.15) is 36.0 Å². The second-order valence-corrected chi connectivity index (χ2v) is 6.96. The highest BCUT2D eigenvalue weighted by Gasteiger charge is 2.33. The van der Waals surface area contributed by atoms with Crippen molar-refractivity contribution < 1.29 is 19.0 Å². The highest BCUT2D eigenvalue weighted by molar-refractivity contribution is 5.86. The molecule has 4 heteroatoms. The molecule has 2 atom stereocenters. The van der Waals surface area contributed by atoms with Crippen molar-refractivity contribution in [3.8, 4) is 17.2 Å². The van der Waals surface area contributed by atoms with Gasteiger partial charge in [0.15, 0.2) is 11.5 Å². The van der Waals surface area contributed by atoms with E-state index in [9.17, 15) is 4.79 Å². The Bertz CT molecular complexity index is 839. The second-order valence-electron chi connectivity index (χ2n) is 6.96. The normalized spacial score (nSPS) is 18.8. The average molecular weight is 366 g/mol. The van der Waals surface area contributed by atoms with Gasteiger partial charge in [0.05, 0.1) is 21.3 Å². The van der Waals surface area contributed by atoms with Gasteiger partial charge in [-0.2, -0.15) is 0 Å². The van der Waals surface area contributed by atoms with E-state index in [0.29, 0.717) is 17.2 Å². The molecule has 0 heterocycles. The van der Waals surface area contributed by atoms with E-state index in [0.717, 1.165) is 12.0 Å². The van der Waals surface area contributed by atoms with Gasteiger partial charge in [-0.05, 0) is 49.1 Å². The van der Waals surface area contributed by atoms with Crippen LogP contribution in [0.5, 0.6) is 17.2 Å². The van der Waals surface area contributed by atoms with E-state index >= 15 is 0 Å². The molecule has 0 spiro atoms. The molecule has 0 saturated heterocycles. The van der Waals surface area contributed by atoms with Gasteiger partial charge in [0.2, 0.25) is 5.75 Å². The SMILES string of the molecule is COc1cc([C@@H]2CC(c3ccc(C)cc3)=CC2C(C)=O)cc(OC)c1OC. The zero-order valence-corrected chi connectivity index (χ0v) is 16.5. The van der Waals surface area contributed by atoms with Gasteiger partial charge >= 0.3 is 0 Å². The summed E-state index contributed by atoms with van der Waals surface area (Å²) >= 11 is 0. The highest BCUT2D eigenvalue weighted by atomic mass is 16.5. The number of aryl methyl sites for hydroxylation is 1. The minimum Gasteiger partial charge on any atom is -0.493 e. The topological polar surface area (TPSA) is 44.8 Å². The van der Waals surface area contributed by atoms with Gasteiger partial charge in [-0.25, -0.2) is 0 Å². The molecule has 1 unspecified atom stereocenters. The Balaban J connectivity index is 2.01. The fourth-order valence-electron chi connectivity index (χ4n) is 3.79. The Morgan fingerprint density at radius 3 is 2.04 bits per heavy atom. The smallest absolute Gasteiger partial charge is 0.203 e. The first-order valence-corrected chi connectivity index (χ1v) is 9.06.